The van der Waals surface area contributed by atoms with Crippen LogP contribution in [0.2, 0.25) is 0 Å². The van der Waals surface area contributed by atoms with E-state index in [1.165, 1.54) is 4.31 Å². The molecule has 122 valence electrons. The van der Waals surface area contributed by atoms with Crippen LogP contribution in [-0.2, 0) is 19.6 Å². The van der Waals surface area contributed by atoms with Gasteiger partial charge in [0.15, 0.2) is 0 Å². The molecule has 21 heavy (non-hydrogen) atoms. The van der Waals surface area contributed by atoms with Crippen LogP contribution < -0.4 is 5.32 Å². The van der Waals surface area contributed by atoms with Gasteiger partial charge in [0.05, 0.1) is 24.6 Å². The number of amides is 1. The van der Waals surface area contributed by atoms with E-state index in [1.807, 2.05) is 0 Å². The molecule has 1 aliphatic carbocycles. The minimum absolute atomic E-state index is 0.0736. The van der Waals surface area contributed by atoms with E-state index >= 15 is 0 Å². The summed E-state index contributed by atoms with van der Waals surface area (Å²) in [7, 11) is -3.40. The number of nitrogens with one attached hydrogen (secondary N) is 1. The second kappa shape index (κ2) is 7.04. The van der Waals surface area contributed by atoms with Gasteiger partial charge in [0, 0.05) is 26.1 Å². The topological polar surface area (TPSA) is 95.9 Å². The zero-order chi connectivity index (χ0) is 15.3. The third-order valence-corrected chi connectivity index (χ3v) is 5.97. The molecule has 0 spiro atoms. The molecule has 2 fully saturated rings. The van der Waals surface area contributed by atoms with Crippen LogP contribution in [-0.4, -0.2) is 67.9 Å². The van der Waals surface area contributed by atoms with Crippen molar-refractivity contribution in [1.82, 2.24) is 9.62 Å². The molecule has 2 aliphatic rings. The monoisotopic (exact) mass is 320 g/mol. The molecule has 1 saturated heterocycles. The summed E-state index contributed by atoms with van der Waals surface area (Å²) < 4.78 is 30.6. The second-order valence-corrected chi connectivity index (χ2v) is 7.87. The number of nitrogens with zero attached hydrogens (tertiary/aromatic N) is 1. The minimum Gasteiger partial charge on any atom is -0.388 e. The zero-order valence-electron chi connectivity index (χ0n) is 12.2. The summed E-state index contributed by atoms with van der Waals surface area (Å²) >= 11 is 0. The molecule has 8 heteroatoms. The van der Waals surface area contributed by atoms with E-state index in [0.717, 1.165) is 12.8 Å². The van der Waals surface area contributed by atoms with Gasteiger partial charge >= 0.3 is 0 Å². The Morgan fingerprint density at radius 2 is 1.86 bits per heavy atom. The molecule has 0 bridgehead atoms. The normalized spacial score (nSPS) is 23.1. The van der Waals surface area contributed by atoms with Gasteiger partial charge in [-0.3, -0.25) is 4.79 Å². The highest BCUT2D eigenvalue weighted by atomic mass is 32.2. The highest BCUT2D eigenvalue weighted by molar-refractivity contribution is 7.89. The summed E-state index contributed by atoms with van der Waals surface area (Å²) in [6.07, 6.45) is 3.25. The largest absolute Gasteiger partial charge is 0.388 e. The van der Waals surface area contributed by atoms with E-state index in [0.29, 0.717) is 39.1 Å². The number of carbonyl (C=O) groups is 1. The molecule has 1 saturated carbocycles. The van der Waals surface area contributed by atoms with Crippen LogP contribution in [0.15, 0.2) is 0 Å². The zero-order valence-corrected chi connectivity index (χ0v) is 13.0. The molecule has 2 N–H and O–H groups in total. The van der Waals surface area contributed by atoms with Gasteiger partial charge in [-0.15, -0.1) is 0 Å². The van der Waals surface area contributed by atoms with E-state index in [4.69, 9.17) is 4.74 Å². The molecule has 0 aromatic rings. The third-order valence-electron chi connectivity index (χ3n) is 4.10. The van der Waals surface area contributed by atoms with Crippen molar-refractivity contribution >= 4 is 15.9 Å². The number of hydrogen-bond acceptors (Lipinski definition) is 5. The van der Waals surface area contributed by atoms with Crippen molar-refractivity contribution in [2.75, 3.05) is 38.6 Å². The van der Waals surface area contributed by atoms with Gasteiger partial charge in [0.1, 0.15) is 0 Å². The summed E-state index contributed by atoms with van der Waals surface area (Å²) in [6.45, 7) is 1.72. The Morgan fingerprint density at radius 1 is 1.24 bits per heavy atom. The van der Waals surface area contributed by atoms with E-state index in [-0.39, 0.29) is 24.6 Å². The maximum Gasteiger partial charge on any atom is 0.221 e. The fourth-order valence-electron chi connectivity index (χ4n) is 2.74. The van der Waals surface area contributed by atoms with Gasteiger partial charge in [0.25, 0.3) is 0 Å². The summed E-state index contributed by atoms with van der Waals surface area (Å²) in [5.74, 6) is -0.524. The lowest BCUT2D eigenvalue weighted by atomic mass is 10.0. The van der Waals surface area contributed by atoms with Crippen LogP contribution in [0, 0.1) is 0 Å². The number of aliphatic hydroxyl groups is 1. The first-order chi connectivity index (χ1) is 9.91. The van der Waals surface area contributed by atoms with Crippen LogP contribution in [0.5, 0.6) is 0 Å². The maximum atomic E-state index is 12.1. The quantitative estimate of drug-likeness (QED) is 0.685. The summed E-state index contributed by atoms with van der Waals surface area (Å²) in [6, 6.07) is 0. The average Bonchev–Trinajstić information content (AvgIpc) is 2.91. The van der Waals surface area contributed by atoms with E-state index in [1.54, 1.807) is 0 Å². The molecule has 7 nitrogen and oxygen atoms in total. The molecule has 1 aliphatic heterocycles. The molecule has 0 aromatic heterocycles. The van der Waals surface area contributed by atoms with Gasteiger partial charge in [-0.05, 0) is 12.8 Å². The molecule has 1 amide bonds. The molecule has 0 radical (unpaired) electrons. The average molecular weight is 320 g/mol. The summed E-state index contributed by atoms with van der Waals surface area (Å²) in [5.41, 5.74) is -0.807. The third kappa shape index (κ3) is 4.91. The fourth-order valence-corrected chi connectivity index (χ4v) is 4.14. The first-order valence-electron chi connectivity index (χ1n) is 7.46. The smallest absolute Gasteiger partial charge is 0.221 e. The van der Waals surface area contributed by atoms with Gasteiger partial charge in [-0.25, -0.2) is 8.42 Å². The van der Waals surface area contributed by atoms with Crippen molar-refractivity contribution in [1.29, 1.82) is 0 Å². The van der Waals surface area contributed by atoms with Crippen molar-refractivity contribution in [3.63, 3.8) is 0 Å². The number of carbonyl (C=O) groups excluding carboxylic acids is 1. The Balaban J connectivity index is 1.72. The summed E-state index contributed by atoms with van der Waals surface area (Å²) in [4.78, 5) is 11.7. The van der Waals surface area contributed by atoms with Crippen LogP contribution in [0.3, 0.4) is 0 Å². The first-order valence-corrected chi connectivity index (χ1v) is 9.07. The van der Waals surface area contributed by atoms with E-state index in [9.17, 15) is 18.3 Å². The molecular formula is C13H24N2O5S. The molecule has 2 rings (SSSR count). The molecular weight excluding hydrogens is 296 g/mol. The Kier molecular flexibility index (Phi) is 5.59. The molecule has 1 heterocycles. The lowest BCUT2D eigenvalue weighted by Crippen LogP contribution is -2.44. The van der Waals surface area contributed by atoms with Gasteiger partial charge in [-0.2, -0.15) is 4.31 Å². The number of morpholine rings is 1. The predicted octanol–water partition coefficient (Wildman–Crippen LogP) is -0.540. The van der Waals surface area contributed by atoms with Crippen molar-refractivity contribution in [3.8, 4) is 0 Å². The maximum absolute atomic E-state index is 12.1. The highest BCUT2D eigenvalue weighted by Crippen LogP contribution is 2.28. The van der Waals surface area contributed by atoms with Gasteiger partial charge in [-0.1, -0.05) is 12.8 Å². The number of hydrogen-bond donors (Lipinski definition) is 2. The highest BCUT2D eigenvalue weighted by Gasteiger charge is 2.31. The lowest BCUT2D eigenvalue weighted by molar-refractivity contribution is -0.121. The fraction of sp³-hybridized carbons (Fsp3) is 0.923. The van der Waals surface area contributed by atoms with Gasteiger partial charge < -0.3 is 15.2 Å². The van der Waals surface area contributed by atoms with Crippen molar-refractivity contribution in [3.05, 3.63) is 0 Å². The van der Waals surface area contributed by atoms with Crippen molar-refractivity contribution < 1.29 is 23.1 Å². The number of rotatable bonds is 6. The minimum atomic E-state index is -3.40. The van der Waals surface area contributed by atoms with Gasteiger partial charge in [0.2, 0.25) is 15.9 Å². The molecule has 0 aromatic carbocycles. The van der Waals surface area contributed by atoms with E-state index < -0.39 is 15.6 Å². The van der Waals surface area contributed by atoms with Crippen LogP contribution >= 0.6 is 0 Å². The van der Waals surface area contributed by atoms with Crippen molar-refractivity contribution in [2.24, 2.45) is 0 Å². The first kappa shape index (κ1) is 16.7. The van der Waals surface area contributed by atoms with Crippen LogP contribution in [0.4, 0.5) is 0 Å². The number of sulfonamides is 1. The van der Waals surface area contributed by atoms with E-state index in [2.05, 4.69) is 5.32 Å². The Bertz CT molecular complexity index is 453. The SMILES string of the molecule is O=C(CCS(=O)(=O)N1CCOCC1)NCC1(O)CCCC1. The summed E-state index contributed by atoms with van der Waals surface area (Å²) in [5, 5.41) is 12.8. The van der Waals surface area contributed by atoms with Crippen molar-refractivity contribution in [2.45, 2.75) is 37.7 Å². The Hall–Kier alpha value is -0.700. The predicted molar refractivity (Wildman–Crippen MR) is 77.2 cm³/mol. The standard InChI is InChI=1S/C13H24N2O5S/c16-12(14-11-13(17)4-1-2-5-13)3-10-21(18,19)15-6-8-20-9-7-15/h17H,1-11H2,(H,14,16). The number of ether oxygens (including phenoxy) is 1. The Morgan fingerprint density at radius 3 is 2.48 bits per heavy atom. The Labute approximate surface area is 125 Å². The molecule has 0 unspecified atom stereocenters. The van der Waals surface area contributed by atoms with Crippen LogP contribution in [0.1, 0.15) is 32.1 Å². The second-order valence-electron chi connectivity index (χ2n) is 5.79. The van der Waals surface area contributed by atoms with Crippen LogP contribution in [0.25, 0.3) is 0 Å². The molecule has 0 atom stereocenters. The lowest BCUT2D eigenvalue weighted by Gasteiger charge is -2.26.